The number of carbonyl (C=O) groups is 2. The van der Waals surface area contributed by atoms with Crippen LogP contribution in [0.2, 0.25) is 0 Å². The minimum atomic E-state index is -1.25. The Morgan fingerprint density at radius 1 is 1.16 bits per heavy atom. The van der Waals surface area contributed by atoms with Crippen LogP contribution in [0.1, 0.15) is 59.8 Å². The molecule has 0 unspecified atom stereocenters. The molecule has 0 radical (unpaired) electrons. The van der Waals surface area contributed by atoms with E-state index in [2.05, 4.69) is 6.92 Å². The molecule has 4 aliphatic carbocycles. The highest BCUT2D eigenvalue weighted by atomic mass is 19.1. The number of aliphatic hydroxyl groups excluding tert-OH is 1. The summed E-state index contributed by atoms with van der Waals surface area (Å²) in [5.41, 5.74) is -2.28. The SMILES string of the molecule is CC1(C)O[C@@H]2C[C@H]3[C@@H]4C[C@H](F)C5=CC(=O)CC[C@]5(C)[C@@]45O[C@H]5C[C@]3(C)[C@]2(C(=O)CO)O1. The van der Waals surface area contributed by atoms with Crippen molar-refractivity contribution >= 4 is 11.6 Å². The Morgan fingerprint density at radius 2 is 1.90 bits per heavy atom. The lowest BCUT2D eigenvalue weighted by atomic mass is 9.45. The van der Waals surface area contributed by atoms with Crippen molar-refractivity contribution in [2.45, 2.75) is 95.2 Å². The molecule has 0 aromatic heterocycles. The predicted molar refractivity (Wildman–Crippen MR) is 107 cm³/mol. The second-order valence-electron chi connectivity index (χ2n) is 11.5. The van der Waals surface area contributed by atoms with E-state index in [9.17, 15) is 14.7 Å². The number of rotatable bonds is 2. The molecule has 6 nitrogen and oxygen atoms in total. The third kappa shape index (κ3) is 2.09. The Bertz CT molecular complexity index is 929. The van der Waals surface area contributed by atoms with E-state index in [0.29, 0.717) is 31.3 Å². The van der Waals surface area contributed by atoms with Crippen molar-refractivity contribution in [3.8, 4) is 0 Å². The summed E-state index contributed by atoms with van der Waals surface area (Å²) in [4.78, 5) is 25.3. The molecular weight excluding hydrogens is 403 g/mol. The zero-order chi connectivity index (χ0) is 22.2. The van der Waals surface area contributed by atoms with Crippen LogP contribution in [0.3, 0.4) is 0 Å². The van der Waals surface area contributed by atoms with Crippen molar-refractivity contribution in [3.63, 3.8) is 0 Å². The van der Waals surface area contributed by atoms with Crippen LogP contribution in [-0.2, 0) is 23.8 Å². The number of hydrogen-bond acceptors (Lipinski definition) is 6. The number of hydrogen-bond donors (Lipinski definition) is 1. The van der Waals surface area contributed by atoms with Gasteiger partial charge >= 0.3 is 0 Å². The third-order valence-electron chi connectivity index (χ3n) is 9.87. The maximum atomic E-state index is 15.6. The average Bonchev–Trinajstić information content (AvgIpc) is 3.28. The molecule has 1 spiro atoms. The number of ketones is 2. The van der Waals surface area contributed by atoms with E-state index in [1.165, 1.54) is 6.08 Å². The summed E-state index contributed by atoms with van der Waals surface area (Å²) in [7, 11) is 0. The maximum Gasteiger partial charge on any atom is 0.193 e. The van der Waals surface area contributed by atoms with Gasteiger partial charge in [-0.25, -0.2) is 4.39 Å². The normalized spacial score (nSPS) is 56.0. The summed E-state index contributed by atoms with van der Waals surface area (Å²) in [5, 5.41) is 9.87. The first-order chi connectivity index (χ1) is 14.4. The van der Waals surface area contributed by atoms with E-state index >= 15 is 4.39 Å². The molecule has 0 bridgehead atoms. The molecule has 0 amide bonds. The molecule has 0 aromatic carbocycles. The second kappa shape index (κ2) is 5.66. The number of aliphatic hydroxyl groups is 1. The lowest BCUT2D eigenvalue weighted by molar-refractivity contribution is -0.212. The molecule has 2 saturated heterocycles. The van der Waals surface area contributed by atoms with E-state index in [-0.39, 0.29) is 35.9 Å². The van der Waals surface area contributed by atoms with Crippen molar-refractivity contribution < 1.29 is 33.3 Å². The molecule has 5 fully saturated rings. The van der Waals surface area contributed by atoms with Gasteiger partial charge in [-0.1, -0.05) is 13.8 Å². The van der Waals surface area contributed by atoms with Gasteiger partial charge in [-0.05, 0) is 63.0 Å². The largest absolute Gasteiger partial charge is 0.388 e. The molecular formula is C24H31FO6. The van der Waals surface area contributed by atoms with E-state index in [1.807, 2.05) is 6.92 Å². The van der Waals surface area contributed by atoms with Crippen LogP contribution < -0.4 is 0 Å². The van der Waals surface area contributed by atoms with Crippen LogP contribution in [0.15, 0.2) is 11.6 Å². The molecule has 6 aliphatic rings. The van der Waals surface area contributed by atoms with E-state index in [0.717, 1.165) is 0 Å². The Kier molecular flexibility index (Phi) is 3.74. The van der Waals surface area contributed by atoms with Gasteiger partial charge in [-0.3, -0.25) is 9.59 Å². The van der Waals surface area contributed by atoms with Crippen LogP contribution >= 0.6 is 0 Å². The molecule has 2 heterocycles. The van der Waals surface area contributed by atoms with Crippen LogP contribution in [0.25, 0.3) is 0 Å². The van der Waals surface area contributed by atoms with Crippen molar-refractivity contribution in [3.05, 3.63) is 11.6 Å². The van der Waals surface area contributed by atoms with Crippen molar-refractivity contribution in [2.75, 3.05) is 6.61 Å². The topological polar surface area (TPSA) is 85.4 Å². The molecule has 7 heteroatoms. The summed E-state index contributed by atoms with van der Waals surface area (Å²) in [6.07, 6.45) is 2.21. The van der Waals surface area contributed by atoms with Crippen molar-refractivity contribution in [2.24, 2.45) is 22.7 Å². The third-order valence-corrected chi connectivity index (χ3v) is 9.87. The van der Waals surface area contributed by atoms with Crippen molar-refractivity contribution in [1.82, 2.24) is 0 Å². The summed E-state index contributed by atoms with van der Waals surface area (Å²) in [6.45, 7) is 7.09. The average molecular weight is 435 g/mol. The van der Waals surface area contributed by atoms with Crippen LogP contribution in [0.5, 0.6) is 0 Å². The lowest BCUT2D eigenvalue weighted by Crippen LogP contribution is -2.64. The van der Waals surface area contributed by atoms with Gasteiger partial charge in [-0.2, -0.15) is 0 Å². The summed E-state index contributed by atoms with van der Waals surface area (Å²) < 4.78 is 34.6. The van der Waals surface area contributed by atoms with Gasteiger partial charge in [0.25, 0.3) is 0 Å². The Morgan fingerprint density at radius 3 is 2.61 bits per heavy atom. The highest BCUT2D eigenvalue weighted by molar-refractivity contribution is 5.92. The first kappa shape index (κ1) is 20.5. The first-order valence-electron chi connectivity index (χ1n) is 11.5. The van der Waals surface area contributed by atoms with Gasteiger partial charge in [0.1, 0.15) is 18.4 Å². The molecule has 170 valence electrons. The Balaban J connectivity index is 1.47. The fraction of sp³-hybridized carbons (Fsp3) is 0.833. The Labute approximate surface area is 181 Å². The van der Waals surface area contributed by atoms with Gasteiger partial charge in [0.2, 0.25) is 0 Å². The van der Waals surface area contributed by atoms with Crippen molar-refractivity contribution in [1.29, 1.82) is 0 Å². The number of Topliss-reactive ketones (excluding diaryl/α,β-unsaturated/α-hetero) is 1. The number of alkyl halides is 1. The Hall–Kier alpha value is -1.15. The van der Waals surface area contributed by atoms with Gasteiger partial charge in [0.05, 0.1) is 12.2 Å². The van der Waals surface area contributed by atoms with E-state index in [4.69, 9.17) is 14.2 Å². The highest BCUT2D eigenvalue weighted by Crippen LogP contribution is 2.78. The van der Waals surface area contributed by atoms with E-state index < -0.39 is 46.7 Å². The number of halogens is 1. The van der Waals surface area contributed by atoms with Crippen LogP contribution in [0.4, 0.5) is 4.39 Å². The summed E-state index contributed by atoms with van der Waals surface area (Å²) in [6, 6.07) is 0. The monoisotopic (exact) mass is 434 g/mol. The van der Waals surface area contributed by atoms with Gasteiger partial charge in [0.15, 0.2) is 23.0 Å². The zero-order valence-electron chi connectivity index (χ0n) is 18.6. The quantitative estimate of drug-likeness (QED) is 0.673. The minimum absolute atomic E-state index is 0.00486. The molecule has 0 aromatic rings. The number of fused-ring (bicyclic) bond motifs is 5. The zero-order valence-corrected chi connectivity index (χ0v) is 18.6. The molecule has 2 aliphatic heterocycles. The van der Waals surface area contributed by atoms with Gasteiger partial charge < -0.3 is 19.3 Å². The first-order valence-corrected chi connectivity index (χ1v) is 11.5. The molecule has 6 rings (SSSR count). The van der Waals surface area contributed by atoms with Gasteiger partial charge in [0, 0.05) is 17.3 Å². The molecule has 1 N–H and O–H groups in total. The minimum Gasteiger partial charge on any atom is -0.388 e. The van der Waals surface area contributed by atoms with E-state index in [1.54, 1.807) is 13.8 Å². The smallest absolute Gasteiger partial charge is 0.193 e. The molecule has 3 saturated carbocycles. The maximum absolute atomic E-state index is 15.6. The lowest BCUT2D eigenvalue weighted by Gasteiger charge is -2.57. The standard InChI is InChI=1S/C24H31FO6/c1-20(2)29-18-9-13-14-8-16(25)15-7-12(27)5-6-21(15,3)23(14)19(30-23)10-22(13,4)24(18,31-20)17(28)11-26/h7,13-14,16,18-19,26H,5-6,8-11H2,1-4H3/t13-,14-,16-,18+,19-,21-,22-,23+,24+/m0/s1. The van der Waals surface area contributed by atoms with Crippen LogP contribution in [-0.4, -0.2) is 58.6 Å². The molecule has 31 heavy (non-hydrogen) atoms. The predicted octanol–water partition coefficient (Wildman–Crippen LogP) is 2.66. The fourth-order valence-corrected chi connectivity index (χ4v) is 8.72. The summed E-state index contributed by atoms with van der Waals surface area (Å²) >= 11 is 0. The second-order valence-corrected chi connectivity index (χ2v) is 11.5. The number of epoxide rings is 1. The summed E-state index contributed by atoms with van der Waals surface area (Å²) in [5.74, 6) is -1.41. The molecule has 9 atom stereocenters. The number of carbonyl (C=O) groups excluding carboxylic acids is 2. The number of ether oxygens (including phenoxy) is 3. The fourth-order valence-electron chi connectivity index (χ4n) is 8.72. The van der Waals surface area contributed by atoms with Gasteiger partial charge in [-0.15, -0.1) is 0 Å². The highest BCUT2D eigenvalue weighted by Gasteiger charge is 2.85. The van der Waals surface area contributed by atoms with Crippen LogP contribution in [0, 0.1) is 22.7 Å².